The van der Waals surface area contributed by atoms with Crippen LogP contribution in [0.15, 0.2) is 12.4 Å². The van der Waals surface area contributed by atoms with Crippen LogP contribution < -0.4 is 16.6 Å². The lowest BCUT2D eigenvalue weighted by atomic mass is 9.95. The van der Waals surface area contributed by atoms with Crippen LogP contribution in [0.1, 0.15) is 25.7 Å². The van der Waals surface area contributed by atoms with Gasteiger partial charge in [0.2, 0.25) is 0 Å². The third kappa shape index (κ3) is 3.23. The second-order valence-electron chi connectivity index (χ2n) is 4.24. The molecular formula is C11H19N5S. The lowest BCUT2D eigenvalue weighted by Crippen LogP contribution is -2.34. The zero-order valence-electron chi connectivity index (χ0n) is 10.0. The van der Waals surface area contributed by atoms with Gasteiger partial charge in [0.15, 0.2) is 5.82 Å². The maximum atomic E-state index is 5.32. The Bertz CT molecular complexity index is 359. The molecule has 1 aromatic heterocycles. The number of nitrogens with two attached hydrogens (primary N) is 1. The highest BCUT2D eigenvalue weighted by Gasteiger charge is 2.24. The van der Waals surface area contributed by atoms with Gasteiger partial charge in [0, 0.05) is 11.3 Å². The summed E-state index contributed by atoms with van der Waals surface area (Å²) in [7, 11) is 0. The van der Waals surface area contributed by atoms with E-state index in [-0.39, 0.29) is 0 Å². The van der Waals surface area contributed by atoms with Gasteiger partial charge in [-0.05, 0) is 19.1 Å². The largest absolute Gasteiger partial charge is 0.365 e. The zero-order chi connectivity index (χ0) is 12.1. The second kappa shape index (κ2) is 6.07. The Balaban J connectivity index is 2.02. The first-order valence-corrected chi connectivity index (χ1v) is 7.20. The molecule has 2 rings (SSSR count). The molecule has 4 N–H and O–H groups in total. The van der Waals surface area contributed by atoms with E-state index < -0.39 is 0 Å². The minimum atomic E-state index is 0.487. The molecule has 0 aromatic carbocycles. The Morgan fingerprint density at radius 1 is 1.29 bits per heavy atom. The molecule has 2 unspecified atom stereocenters. The van der Waals surface area contributed by atoms with Crippen molar-refractivity contribution in [1.29, 1.82) is 0 Å². The van der Waals surface area contributed by atoms with Gasteiger partial charge in [0.05, 0.1) is 12.4 Å². The molecule has 5 nitrogen and oxygen atoms in total. The Morgan fingerprint density at radius 2 is 2.06 bits per heavy atom. The number of nitrogens with zero attached hydrogens (tertiary/aromatic N) is 2. The number of anilines is 2. The average Bonchev–Trinajstić information content (AvgIpc) is 2.39. The number of aromatic nitrogens is 2. The van der Waals surface area contributed by atoms with E-state index in [9.17, 15) is 0 Å². The minimum absolute atomic E-state index is 0.487. The van der Waals surface area contributed by atoms with Gasteiger partial charge in [-0.1, -0.05) is 12.8 Å². The van der Waals surface area contributed by atoms with Crippen LogP contribution >= 0.6 is 11.8 Å². The molecule has 1 saturated carbocycles. The maximum absolute atomic E-state index is 5.32. The van der Waals surface area contributed by atoms with E-state index in [1.807, 2.05) is 11.8 Å². The number of nitrogen functional groups attached to an aromatic ring is 1. The molecule has 0 radical (unpaired) electrons. The van der Waals surface area contributed by atoms with E-state index >= 15 is 0 Å². The zero-order valence-corrected chi connectivity index (χ0v) is 10.8. The number of hydrogen-bond acceptors (Lipinski definition) is 6. The van der Waals surface area contributed by atoms with Crippen LogP contribution in [0, 0.1) is 0 Å². The van der Waals surface area contributed by atoms with Crippen LogP contribution in [0.3, 0.4) is 0 Å². The summed E-state index contributed by atoms with van der Waals surface area (Å²) in [5, 5.41) is 4.13. The van der Waals surface area contributed by atoms with Crippen LogP contribution in [-0.2, 0) is 0 Å². The first-order valence-electron chi connectivity index (χ1n) is 5.91. The van der Waals surface area contributed by atoms with Crippen molar-refractivity contribution in [3.05, 3.63) is 12.4 Å². The topological polar surface area (TPSA) is 75.9 Å². The van der Waals surface area contributed by atoms with Crippen LogP contribution in [0.4, 0.5) is 11.6 Å². The van der Waals surface area contributed by atoms with Gasteiger partial charge in [0.1, 0.15) is 5.82 Å². The van der Waals surface area contributed by atoms with Crippen molar-refractivity contribution in [2.75, 3.05) is 17.0 Å². The minimum Gasteiger partial charge on any atom is -0.365 e. The van der Waals surface area contributed by atoms with Crippen LogP contribution in [0.25, 0.3) is 0 Å². The number of hydrazine groups is 1. The van der Waals surface area contributed by atoms with Crippen molar-refractivity contribution >= 4 is 23.4 Å². The normalized spacial score (nSPS) is 24.4. The molecule has 1 aliphatic rings. The van der Waals surface area contributed by atoms with E-state index in [0.29, 0.717) is 17.1 Å². The monoisotopic (exact) mass is 253 g/mol. The summed E-state index contributed by atoms with van der Waals surface area (Å²) in [6, 6.07) is 0.487. The fourth-order valence-corrected chi connectivity index (χ4v) is 3.17. The van der Waals surface area contributed by atoms with Crippen LogP contribution in [0.2, 0.25) is 0 Å². The lowest BCUT2D eigenvalue weighted by Gasteiger charge is -2.31. The molecule has 94 valence electrons. The first-order chi connectivity index (χ1) is 8.33. The molecule has 17 heavy (non-hydrogen) atoms. The molecule has 0 aliphatic heterocycles. The third-order valence-corrected chi connectivity index (χ3v) is 4.29. The van der Waals surface area contributed by atoms with E-state index in [0.717, 1.165) is 5.82 Å². The summed E-state index contributed by atoms with van der Waals surface area (Å²) in [4.78, 5) is 8.43. The summed E-state index contributed by atoms with van der Waals surface area (Å²) < 4.78 is 0. The summed E-state index contributed by atoms with van der Waals surface area (Å²) in [6.45, 7) is 0. The maximum Gasteiger partial charge on any atom is 0.160 e. The molecule has 1 aliphatic carbocycles. The Kier molecular flexibility index (Phi) is 4.44. The molecule has 0 bridgehead atoms. The Labute approximate surface area is 106 Å². The molecule has 1 heterocycles. The molecule has 6 heteroatoms. The number of nitrogens with one attached hydrogen (secondary N) is 2. The second-order valence-corrected chi connectivity index (χ2v) is 5.32. The highest BCUT2D eigenvalue weighted by atomic mass is 32.2. The van der Waals surface area contributed by atoms with Crippen molar-refractivity contribution in [1.82, 2.24) is 9.97 Å². The van der Waals surface area contributed by atoms with Crippen molar-refractivity contribution in [3.8, 4) is 0 Å². The van der Waals surface area contributed by atoms with E-state index in [1.165, 1.54) is 25.7 Å². The van der Waals surface area contributed by atoms with E-state index in [4.69, 9.17) is 5.84 Å². The van der Waals surface area contributed by atoms with Gasteiger partial charge in [-0.3, -0.25) is 4.98 Å². The summed E-state index contributed by atoms with van der Waals surface area (Å²) in [5.74, 6) is 6.71. The van der Waals surface area contributed by atoms with Crippen molar-refractivity contribution in [2.45, 2.75) is 37.0 Å². The van der Waals surface area contributed by atoms with Crippen molar-refractivity contribution < 1.29 is 0 Å². The quantitative estimate of drug-likeness (QED) is 0.561. The lowest BCUT2D eigenvalue weighted by molar-refractivity contribution is 0.474. The van der Waals surface area contributed by atoms with Crippen LogP contribution in [0.5, 0.6) is 0 Å². The highest BCUT2D eigenvalue weighted by molar-refractivity contribution is 7.99. The molecule has 0 saturated heterocycles. The Morgan fingerprint density at radius 3 is 2.82 bits per heavy atom. The van der Waals surface area contributed by atoms with Crippen molar-refractivity contribution in [2.24, 2.45) is 5.84 Å². The number of thioether (sulfide) groups is 1. The summed E-state index contributed by atoms with van der Waals surface area (Å²) in [5.41, 5.74) is 2.51. The predicted molar refractivity (Wildman–Crippen MR) is 73.0 cm³/mol. The fraction of sp³-hybridized carbons (Fsp3) is 0.636. The van der Waals surface area contributed by atoms with Crippen LogP contribution in [-0.4, -0.2) is 27.5 Å². The predicted octanol–water partition coefficient (Wildman–Crippen LogP) is 1.85. The standard InChI is InChI=1S/C11H19N5S/c1-17-9-5-3-2-4-8(9)14-10-6-13-7-11(15-10)16-12/h6-9H,2-5,12H2,1H3,(H2,14,15,16). The average molecular weight is 253 g/mol. The van der Waals surface area contributed by atoms with Crippen molar-refractivity contribution in [3.63, 3.8) is 0 Å². The van der Waals surface area contributed by atoms with E-state index in [1.54, 1.807) is 12.4 Å². The molecule has 0 spiro atoms. The smallest absolute Gasteiger partial charge is 0.160 e. The van der Waals surface area contributed by atoms with Gasteiger partial charge >= 0.3 is 0 Å². The fourth-order valence-electron chi connectivity index (χ4n) is 2.24. The molecule has 1 aromatic rings. The van der Waals surface area contributed by atoms with Gasteiger partial charge < -0.3 is 10.7 Å². The number of rotatable bonds is 4. The van der Waals surface area contributed by atoms with Gasteiger partial charge in [-0.15, -0.1) is 0 Å². The van der Waals surface area contributed by atoms with Gasteiger partial charge in [-0.2, -0.15) is 11.8 Å². The van der Waals surface area contributed by atoms with Gasteiger partial charge in [-0.25, -0.2) is 10.8 Å². The SMILES string of the molecule is CSC1CCCCC1Nc1cncc(NN)n1. The molecule has 2 atom stereocenters. The van der Waals surface area contributed by atoms with E-state index in [2.05, 4.69) is 27.0 Å². The Hall–Kier alpha value is -1.01. The molecule has 0 amide bonds. The first kappa shape index (κ1) is 12.4. The molecule has 1 fully saturated rings. The third-order valence-electron chi connectivity index (χ3n) is 3.12. The summed E-state index contributed by atoms with van der Waals surface area (Å²) >= 11 is 1.93. The molecular weight excluding hydrogens is 234 g/mol. The highest BCUT2D eigenvalue weighted by Crippen LogP contribution is 2.29. The van der Waals surface area contributed by atoms with Gasteiger partial charge in [0.25, 0.3) is 0 Å². The summed E-state index contributed by atoms with van der Waals surface area (Å²) in [6.07, 6.45) is 10.6. The number of hydrogen-bond donors (Lipinski definition) is 3.